The maximum absolute atomic E-state index is 5.66. The van der Waals surface area contributed by atoms with Crippen LogP contribution in [0.3, 0.4) is 0 Å². The summed E-state index contributed by atoms with van der Waals surface area (Å²) in [6.45, 7) is 2.88. The number of hydrogen-bond donors (Lipinski definition) is 1. The zero-order valence-electron chi connectivity index (χ0n) is 11.0. The SMILES string of the molecule is CC(CN)Cc1nc(C2CCCCC2)nn1C. The number of aryl methyl sites for hydroxylation is 1. The highest BCUT2D eigenvalue weighted by molar-refractivity contribution is 5.01. The highest BCUT2D eigenvalue weighted by Gasteiger charge is 2.21. The minimum Gasteiger partial charge on any atom is -0.330 e. The van der Waals surface area contributed by atoms with Gasteiger partial charge in [-0.15, -0.1) is 0 Å². The molecular weight excluding hydrogens is 212 g/mol. The van der Waals surface area contributed by atoms with Crippen LogP contribution < -0.4 is 5.73 Å². The quantitative estimate of drug-likeness (QED) is 0.870. The second-order valence-corrected chi connectivity index (χ2v) is 5.39. The Bertz CT molecular complexity index is 352. The molecule has 17 heavy (non-hydrogen) atoms. The summed E-state index contributed by atoms with van der Waals surface area (Å²) in [6.07, 6.45) is 7.49. The van der Waals surface area contributed by atoms with Gasteiger partial charge in [-0.25, -0.2) is 4.98 Å². The third-order valence-corrected chi connectivity index (χ3v) is 3.77. The Morgan fingerprint density at radius 1 is 1.35 bits per heavy atom. The molecule has 4 nitrogen and oxygen atoms in total. The predicted molar refractivity (Wildman–Crippen MR) is 68.8 cm³/mol. The van der Waals surface area contributed by atoms with Crippen LogP contribution in [0, 0.1) is 5.92 Å². The Morgan fingerprint density at radius 2 is 2.06 bits per heavy atom. The van der Waals surface area contributed by atoms with Gasteiger partial charge in [-0.2, -0.15) is 5.10 Å². The molecule has 1 saturated carbocycles. The van der Waals surface area contributed by atoms with Crippen LogP contribution in [0.5, 0.6) is 0 Å². The van der Waals surface area contributed by atoms with Crippen molar-refractivity contribution >= 4 is 0 Å². The van der Waals surface area contributed by atoms with E-state index in [1.165, 1.54) is 32.1 Å². The molecule has 1 aliphatic rings. The summed E-state index contributed by atoms with van der Waals surface area (Å²) in [4.78, 5) is 4.72. The first-order valence-corrected chi connectivity index (χ1v) is 6.80. The average Bonchev–Trinajstić information content (AvgIpc) is 2.72. The van der Waals surface area contributed by atoms with E-state index in [9.17, 15) is 0 Å². The smallest absolute Gasteiger partial charge is 0.154 e. The van der Waals surface area contributed by atoms with E-state index in [4.69, 9.17) is 10.7 Å². The van der Waals surface area contributed by atoms with Crippen molar-refractivity contribution in [3.05, 3.63) is 11.6 Å². The summed E-state index contributed by atoms with van der Waals surface area (Å²) >= 11 is 0. The zero-order valence-corrected chi connectivity index (χ0v) is 11.0. The molecule has 0 aromatic carbocycles. The van der Waals surface area contributed by atoms with Crippen molar-refractivity contribution in [2.75, 3.05) is 6.54 Å². The molecule has 4 heteroatoms. The van der Waals surface area contributed by atoms with Crippen LogP contribution in [-0.2, 0) is 13.5 Å². The summed E-state index contributed by atoms with van der Waals surface area (Å²) in [6, 6.07) is 0. The lowest BCUT2D eigenvalue weighted by molar-refractivity contribution is 0.427. The Morgan fingerprint density at radius 3 is 2.71 bits per heavy atom. The van der Waals surface area contributed by atoms with Crippen LogP contribution in [-0.4, -0.2) is 21.3 Å². The Labute approximate surface area is 104 Å². The van der Waals surface area contributed by atoms with Gasteiger partial charge in [-0.1, -0.05) is 26.2 Å². The zero-order chi connectivity index (χ0) is 12.3. The predicted octanol–water partition coefficient (Wildman–Crippen LogP) is 2.00. The van der Waals surface area contributed by atoms with Crippen LogP contribution in [0.1, 0.15) is 56.6 Å². The van der Waals surface area contributed by atoms with Crippen LogP contribution in [0.25, 0.3) is 0 Å². The molecule has 2 rings (SSSR count). The van der Waals surface area contributed by atoms with E-state index < -0.39 is 0 Å². The lowest BCUT2D eigenvalue weighted by Crippen LogP contribution is -2.15. The van der Waals surface area contributed by atoms with Crippen molar-refractivity contribution in [3.8, 4) is 0 Å². The fourth-order valence-corrected chi connectivity index (χ4v) is 2.54. The van der Waals surface area contributed by atoms with Gasteiger partial charge in [0.25, 0.3) is 0 Å². The molecule has 1 aromatic heterocycles. The summed E-state index contributed by atoms with van der Waals surface area (Å²) < 4.78 is 1.94. The first-order chi connectivity index (χ1) is 8.20. The Hall–Kier alpha value is -0.900. The number of rotatable bonds is 4. The summed E-state index contributed by atoms with van der Waals surface area (Å²) in [5.74, 6) is 3.23. The molecule has 0 aliphatic heterocycles. The number of nitrogens with two attached hydrogens (primary N) is 1. The lowest BCUT2D eigenvalue weighted by atomic mass is 9.89. The van der Waals surface area contributed by atoms with Gasteiger partial charge in [0.2, 0.25) is 0 Å². The standard InChI is InChI=1S/C13H24N4/c1-10(9-14)8-12-15-13(16-17(12)2)11-6-4-3-5-7-11/h10-11H,3-9,14H2,1-2H3. The van der Waals surface area contributed by atoms with Crippen LogP contribution in [0.15, 0.2) is 0 Å². The van der Waals surface area contributed by atoms with Crippen LogP contribution in [0.4, 0.5) is 0 Å². The van der Waals surface area contributed by atoms with Crippen molar-refractivity contribution < 1.29 is 0 Å². The minimum absolute atomic E-state index is 0.483. The van der Waals surface area contributed by atoms with E-state index in [0.29, 0.717) is 18.4 Å². The van der Waals surface area contributed by atoms with Crippen molar-refractivity contribution in [1.29, 1.82) is 0 Å². The number of aromatic nitrogens is 3. The molecule has 0 bridgehead atoms. The Kier molecular flexibility index (Phi) is 4.15. The van der Waals surface area contributed by atoms with Gasteiger partial charge in [0.1, 0.15) is 5.82 Å². The Balaban J connectivity index is 2.06. The van der Waals surface area contributed by atoms with E-state index in [-0.39, 0.29) is 0 Å². The molecule has 0 saturated heterocycles. The molecular formula is C13H24N4. The summed E-state index contributed by atoms with van der Waals surface area (Å²) in [5, 5.41) is 4.59. The molecule has 1 aliphatic carbocycles. The second-order valence-electron chi connectivity index (χ2n) is 5.39. The van der Waals surface area contributed by atoms with E-state index in [0.717, 1.165) is 18.1 Å². The van der Waals surface area contributed by atoms with Gasteiger partial charge in [-0.05, 0) is 25.3 Å². The van der Waals surface area contributed by atoms with Crippen molar-refractivity contribution in [2.24, 2.45) is 18.7 Å². The molecule has 0 radical (unpaired) electrons. The molecule has 1 heterocycles. The topological polar surface area (TPSA) is 56.7 Å². The van der Waals surface area contributed by atoms with Gasteiger partial charge in [0, 0.05) is 19.4 Å². The third-order valence-electron chi connectivity index (χ3n) is 3.77. The van der Waals surface area contributed by atoms with Crippen LogP contribution in [0.2, 0.25) is 0 Å². The van der Waals surface area contributed by atoms with Crippen molar-refractivity contribution in [3.63, 3.8) is 0 Å². The molecule has 1 aromatic rings. The van der Waals surface area contributed by atoms with Gasteiger partial charge < -0.3 is 5.73 Å². The van der Waals surface area contributed by atoms with E-state index in [1.807, 2.05) is 11.7 Å². The van der Waals surface area contributed by atoms with Crippen LogP contribution >= 0.6 is 0 Å². The highest BCUT2D eigenvalue weighted by Crippen LogP contribution is 2.30. The van der Waals surface area contributed by atoms with E-state index in [2.05, 4.69) is 12.0 Å². The van der Waals surface area contributed by atoms with Crippen molar-refractivity contribution in [1.82, 2.24) is 14.8 Å². The summed E-state index contributed by atoms with van der Waals surface area (Å²) in [5.41, 5.74) is 5.66. The fraction of sp³-hybridized carbons (Fsp3) is 0.846. The number of hydrogen-bond acceptors (Lipinski definition) is 3. The van der Waals surface area contributed by atoms with Gasteiger partial charge >= 0.3 is 0 Å². The third kappa shape index (κ3) is 3.06. The molecule has 96 valence electrons. The van der Waals surface area contributed by atoms with E-state index >= 15 is 0 Å². The van der Waals surface area contributed by atoms with E-state index in [1.54, 1.807) is 0 Å². The molecule has 1 fully saturated rings. The van der Waals surface area contributed by atoms with Gasteiger partial charge in [-0.3, -0.25) is 4.68 Å². The van der Waals surface area contributed by atoms with Crippen molar-refractivity contribution in [2.45, 2.75) is 51.4 Å². The molecule has 1 unspecified atom stereocenters. The molecule has 1 atom stereocenters. The van der Waals surface area contributed by atoms with Gasteiger partial charge in [0.15, 0.2) is 5.82 Å². The molecule has 0 amide bonds. The first kappa shape index (κ1) is 12.6. The first-order valence-electron chi connectivity index (χ1n) is 6.80. The normalized spacial score (nSPS) is 19.5. The average molecular weight is 236 g/mol. The monoisotopic (exact) mass is 236 g/mol. The highest BCUT2D eigenvalue weighted by atomic mass is 15.3. The maximum Gasteiger partial charge on any atom is 0.154 e. The lowest BCUT2D eigenvalue weighted by Gasteiger charge is -2.18. The fourth-order valence-electron chi connectivity index (χ4n) is 2.54. The van der Waals surface area contributed by atoms with Gasteiger partial charge in [0.05, 0.1) is 0 Å². The second kappa shape index (κ2) is 5.63. The number of nitrogens with zero attached hydrogens (tertiary/aromatic N) is 3. The molecule has 2 N–H and O–H groups in total. The molecule has 0 spiro atoms. The maximum atomic E-state index is 5.66. The summed E-state index contributed by atoms with van der Waals surface area (Å²) in [7, 11) is 2.00. The largest absolute Gasteiger partial charge is 0.330 e. The minimum atomic E-state index is 0.483.